The molecule has 0 fully saturated rings. The molecule has 2 aromatic carbocycles. The molecular weight excluding hydrogens is 478 g/mol. The van der Waals surface area contributed by atoms with Crippen molar-refractivity contribution in [3.63, 3.8) is 0 Å². The fourth-order valence-corrected chi connectivity index (χ4v) is 4.03. The van der Waals surface area contributed by atoms with Crippen LogP contribution in [0.4, 0.5) is 11.4 Å². The molecule has 11 heteroatoms. The second kappa shape index (κ2) is 11.7. The number of benzene rings is 2. The molecule has 0 saturated heterocycles. The number of carbonyl (C=O) groups is 3. The van der Waals surface area contributed by atoms with Crippen molar-refractivity contribution in [1.29, 1.82) is 0 Å². The number of esters is 1. The smallest absolute Gasteiger partial charge is 0.337 e. The minimum atomic E-state index is -0.531. The molecule has 1 heterocycles. The van der Waals surface area contributed by atoms with Gasteiger partial charge in [-0.2, -0.15) is 0 Å². The summed E-state index contributed by atoms with van der Waals surface area (Å²) in [5.41, 5.74) is 2.39. The molecule has 0 radical (unpaired) electrons. The van der Waals surface area contributed by atoms with Crippen LogP contribution >= 0.6 is 23.4 Å². The second-order valence-electron chi connectivity index (χ2n) is 7.26. The minimum absolute atomic E-state index is 0.0342. The van der Waals surface area contributed by atoms with Crippen LogP contribution in [0.15, 0.2) is 47.6 Å². The summed E-state index contributed by atoms with van der Waals surface area (Å²) in [6, 6.07) is 12.0. The highest BCUT2D eigenvalue weighted by Gasteiger charge is 2.17. The molecule has 0 aliphatic rings. The van der Waals surface area contributed by atoms with E-state index in [0.717, 1.165) is 5.56 Å². The molecule has 178 valence electrons. The van der Waals surface area contributed by atoms with Crippen molar-refractivity contribution in [2.45, 2.75) is 32.0 Å². The van der Waals surface area contributed by atoms with Crippen LogP contribution < -0.4 is 10.6 Å². The van der Waals surface area contributed by atoms with Crippen LogP contribution in [0.25, 0.3) is 0 Å². The zero-order valence-corrected chi connectivity index (χ0v) is 20.5. The molecule has 2 amide bonds. The summed E-state index contributed by atoms with van der Waals surface area (Å²) in [6.45, 7) is 4.42. The third-order valence-corrected chi connectivity index (χ3v) is 6.05. The first-order valence-electron chi connectivity index (χ1n) is 10.4. The van der Waals surface area contributed by atoms with E-state index < -0.39 is 5.97 Å². The largest absolute Gasteiger partial charge is 0.465 e. The molecule has 2 N–H and O–H groups in total. The lowest BCUT2D eigenvalue weighted by Gasteiger charge is -2.10. The fraction of sp³-hybridized carbons (Fsp3) is 0.261. The van der Waals surface area contributed by atoms with Gasteiger partial charge in [0, 0.05) is 12.2 Å². The number of rotatable bonds is 9. The van der Waals surface area contributed by atoms with E-state index in [1.807, 2.05) is 38.1 Å². The average Bonchev–Trinajstić information content (AvgIpc) is 3.21. The number of halogens is 1. The van der Waals surface area contributed by atoms with Gasteiger partial charge in [-0.1, -0.05) is 41.1 Å². The Hall–Kier alpha value is -3.37. The lowest BCUT2D eigenvalue weighted by Crippen LogP contribution is -2.18. The summed E-state index contributed by atoms with van der Waals surface area (Å²) in [5.74, 6) is -0.536. The van der Waals surface area contributed by atoms with Gasteiger partial charge in [-0.3, -0.25) is 9.59 Å². The molecule has 0 saturated carbocycles. The zero-order valence-electron chi connectivity index (χ0n) is 18.9. The van der Waals surface area contributed by atoms with E-state index in [0.29, 0.717) is 33.9 Å². The molecule has 1 aromatic heterocycles. The number of methoxy groups -OCH3 is 1. The van der Waals surface area contributed by atoms with Crippen LogP contribution in [0.2, 0.25) is 5.02 Å². The Balaban J connectivity index is 1.60. The third-order valence-electron chi connectivity index (χ3n) is 4.76. The van der Waals surface area contributed by atoms with Gasteiger partial charge in [0.15, 0.2) is 5.16 Å². The monoisotopic (exact) mass is 501 g/mol. The molecule has 34 heavy (non-hydrogen) atoms. The summed E-state index contributed by atoms with van der Waals surface area (Å²) < 4.78 is 6.48. The quantitative estimate of drug-likeness (QED) is 0.337. The Morgan fingerprint density at radius 3 is 2.47 bits per heavy atom. The number of amides is 2. The Bertz CT molecular complexity index is 1200. The Morgan fingerprint density at radius 1 is 1.06 bits per heavy atom. The highest BCUT2D eigenvalue weighted by atomic mass is 35.5. The van der Waals surface area contributed by atoms with Gasteiger partial charge < -0.3 is 19.9 Å². The topological polar surface area (TPSA) is 115 Å². The van der Waals surface area contributed by atoms with E-state index in [2.05, 4.69) is 25.6 Å². The zero-order chi connectivity index (χ0) is 24.7. The summed E-state index contributed by atoms with van der Waals surface area (Å²) in [4.78, 5) is 36.6. The standard InChI is InChI=1S/C23H24ClN5O4S/c1-4-29-19(12-20(30)25-16-8-5-14(2)6-9-16)27-28-23(29)34-13-21(31)26-18-11-15(22(32)33-3)7-10-17(18)24/h5-11H,4,12-13H2,1-3H3,(H,25,30)(H,26,31). The number of hydrogen-bond acceptors (Lipinski definition) is 7. The van der Waals surface area contributed by atoms with Gasteiger partial charge in [0.1, 0.15) is 5.82 Å². The van der Waals surface area contributed by atoms with Crippen LogP contribution in [0.1, 0.15) is 28.7 Å². The van der Waals surface area contributed by atoms with Crippen LogP contribution in [-0.2, 0) is 27.3 Å². The van der Waals surface area contributed by atoms with E-state index in [9.17, 15) is 14.4 Å². The summed E-state index contributed by atoms with van der Waals surface area (Å²) in [6.07, 6.45) is 0.0530. The summed E-state index contributed by atoms with van der Waals surface area (Å²) in [7, 11) is 1.27. The molecule has 3 aromatic rings. The van der Waals surface area contributed by atoms with Crippen molar-refractivity contribution in [3.05, 3.63) is 64.4 Å². The first-order valence-corrected chi connectivity index (χ1v) is 11.8. The SMILES string of the molecule is CCn1c(CC(=O)Nc2ccc(C)cc2)nnc1SCC(=O)Nc1cc(C(=O)OC)ccc1Cl. The predicted octanol–water partition coefficient (Wildman–Crippen LogP) is 3.96. The minimum Gasteiger partial charge on any atom is -0.465 e. The highest BCUT2D eigenvalue weighted by molar-refractivity contribution is 7.99. The van der Waals surface area contributed by atoms with E-state index >= 15 is 0 Å². The fourth-order valence-electron chi connectivity index (χ4n) is 3.04. The number of nitrogens with zero attached hydrogens (tertiary/aromatic N) is 3. The Morgan fingerprint density at radius 2 is 1.79 bits per heavy atom. The number of nitrogens with one attached hydrogen (secondary N) is 2. The Kier molecular flexibility index (Phi) is 8.67. The number of aryl methyl sites for hydroxylation is 1. The van der Waals surface area contributed by atoms with Crippen LogP contribution in [-0.4, -0.2) is 45.4 Å². The third kappa shape index (κ3) is 6.58. The van der Waals surface area contributed by atoms with Gasteiger partial charge in [0.2, 0.25) is 11.8 Å². The molecule has 3 rings (SSSR count). The van der Waals surface area contributed by atoms with Gasteiger partial charge >= 0.3 is 5.97 Å². The number of anilines is 2. The number of ether oxygens (including phenoxy) is 1. The van der Waals surface area contributed by atoms with Crippen molar-refractivity contribution in [1.82, 2.24) is 14.8 Å². The van der Waals surface area contributed by atoms with Gasteiger partial charge in [-0.05, 0) is 44.2 Å². The first kappa shape index (κ1) is 25.3. The Labute approximate surface area is 206 Å². The molecule has 0 atom stereocenters. The van der Waals surface area contributed by atoms with Crippen molar-refractivity contribution in [3.8, 4) is 0 Å². The molecule has 0 spiro atoms. The van der Waals surface area contributed by atoms with Crippen molar-refractivity contribution < 1.29 is 19.1 Å². The summed E-state index contributed by atoms with van der Waals surface area (Å²) >= 11 is 7.32. The lowest BCUT2D eigenvalue weighted by atomic mass is 10.2. The maximum atomic E-state index is 12.5. The van der Waals surface area contributed by atoms with Crippen molar-refractivity contribution >= 4 is 52.5 Å². The van der Waals surface area contributed by atoms with Crippen LogP contribution in [0.3, 0.4) is 0 Å². The second-order valence-corrected chi connectivity index (χ2v) is 8.61. The van der Waals surface area contributed by atoms with E-state index in [-0.39, 0.29) is 29.6 Å². The van der Waals surface area contributed by atoms with Gasteiger partial charge in [-0.25, -0.2) is 4.79 Å². The molecule has 0 unspecified atom stereocenters. The number of thioether (sulfide) groups is 1. The summed E-state index contributed by atoms with van der Waals surface area (Å²) in [5, 5.41) is 14.6. The van der Waals surface area contributed by atoms with Gasteiger partial charge in [-0.15, -0.1) is 10.2 Å². The van der Waals surface area contributed by atoms with Crippen LogP contribution in [0.5, 0.6) is 0 Å². The molecular formula is C23H24ClN5O4S. The van der Waals surface area contributed by atoms with E-state index in [4.69, 9.17) is 11.6 Å². The lowest BCUT2D eigenvalue weighted by molar-refractivity contribution is -0.116. The predicted molar refractivity (Wildman–Crippen MR) is 131 cm³/mol. The van der Waals surface area contributed by atoms with E-state index in [1.165, 1.54) is 37.1 Å². The highest BCUT2D eigenvalue weighted by Crippen LogP contribution is 2.24. The number of aromatic nitrogens is 3. The average molecular weight is 502 g/mol. The molecule has 0 bridgehead atoms. The molecule has 0 aliphatic heterocycles. The normalized spacial score (nSPS) is 10.6. The van der Waals surface area contributed by atoms with Crippen molar-refractivity contribution in [2.75, 3.05) is 23.5 Å². The van der Waals surface area contributed by atoms with Crippen LogP contribution in [0, 0.1) is 6.92 Å². The number of hydrogen-bond donors (Lipinski definition) is 2. The first-order chi connectivity index (χ1) is 16.3. The maximum absolute atomic E-state index is 12.5. The van der Waals surface area contributed by atoms with Crippen molar-refractivity contribution in [2.24, 2.45) is 0 Å². The maximum Gasteiger partial charge on any atom is 0.337 e. The molecule has 9 nitrogen and oxygen atoms in total. The van der Waals surface area contributed by atoms with Gasteiger partial charge in [0.25, 0.3) is 0 Å². The number of carbonyl (C=O) groups excluding carboxylic acids is 3. The van der Waals surface area contributed by atoms with Gasteiger partial charge in [0.05, 0.1) is 35.6 Å². The molecule has 0 aliphatic carbocycles. The van der Waals surface area contributed by atoms with E-state index in [1.54, 1.807) is 4.57 Å².